The highest BCUT2D eigenvalue weighted by Crippen LogP contribution is 2.69. The van der Waals surface area contributed by atoms with E-state index < -0.39 is 0 Å². The summed E-state index contributed by atoms with van der Waals surface area (Å²) in [5.41, 5.74) is 1.66. The zero-order valence-electron chi connectivity index (χ0n) is 14.1. The van der Waals surface area contributed by atoms with E-state index in [9.17, 15) is 0 Å². The fourth-order valence-electron chi connectivity index (χ4n) is 3.80. The van der Waals surface area contributed by atoms with Crippen LogP contribution in [0.1, 0.15) is 61.8 Å². The highest BCUT2D eigenvalue weighted by atomic mass is 16.3. The van der Waals surface area contributed by atoms with E-state index in [2.05, 4.69) is 61.3 Å². The average molecular weight is 264 g/mol. The minimum atomic E-state index is 0.345. The van der Waals surface area contributed by atoms with Crippen molar-refractivity contribution in [1.29, 1.82) is 0 Å². The molecule has 0 unspecified atom stereocenters. The van der Waals surface area contributed by atoms with Crippen molar-refractivity contribution in [1.82, 2.24) is 0 Å². The van der Waals surface area contributed by atoms with Gasteiger partial charge in [-0.15, -0.1) is 12.3 Å². The number of aliphatic hydroxyl groups is 1. The molecule has 110 valence electrons. The summed E-state index contributed by atoms with van der Waals surface area (Å²) in [7, 11) is 0. The molecule has 1 heteroatoms. The molecule has 0 heterocycles. The van der Waals surface area contributed by atoms with Gasteiger partial charge in [-0.3, -0.25) is 0 Å². The largest absolute Gasteiger partial charge is 0.396 e. The van der Waals surface area contributed by atoms with Gasteiger partial charge in [0.25, 0.3) is 0 Å². The predicted octanol–water partition coefficient (Wildman–Crippen LogP) is 4.35. The van der Waals surface area contributed by atoms with Gasteiger partial charge in [-0.25, -0.2) is 0 Å². The second-order valence-electron chi connectivity index (χ2n) is 8.55. The zero-order chi connectivity index (χ0) is 15.3. The molecule has 2 rings (SSSR count). The lowest BCUT2D eigenvalue weighted by Crippen LogP contribution is -1.95. The first-order chi connectivity index (χ1) is 8.39. The van der Waals surface area contributed by atoms with Crippen molar-refractivity contribution >= 4 is 0 Å². The van der Waals surface area contributed by atoms with Gasteiger partial charge in [0.05, 0.1) is 0 Å². The molecule has 0 saturated heterocycles. The maximum atomic E-state index is 8.74. The first-order valence-electron chi connectivity index (χ1n) is 7.46. The summed E-state index contributed by atoms with van der Waals surface area (Å²) in [5.74, 6) is 4.04. The number of terminal acetylenes is 1. The van der Waals surface area contributed by atoms with Gasteiger partial charge < -0.3 is 5.11 Å². The molecule has 2 aliphatic carbocycles. The molecular weight excluding hydrogens is 232 g/mol. The number of hydrogen-bond acceptors (Lipinski definition) is 1. The SMILES string of the molecule is C#CC1C(C)(C)C1(C)C.CC1(C)C(CCO)C1(C)C. The minimum Gasteiger partial charge on any atom is -0.396 e. The predicted molar refractivity (Wildman–Crippen MR) is 82.6 cm³/mol. The van der Waals surface area contributed by atoms with E-state index in [4.69, 9.17) is 11.5 Å². The number of aliphatic hydroxyl groups excluding tert-OH is 1. The highest BCUT2D eigenvalue weighted by molar-refractivity contribution is 5.23. The Labute approximate surface area is 120 Å². The summed E-state index contributed by atoms with van der Waals surface area (Å²) < 4.78 is 0. The topological polar surface area (TPSA) is 20.2 Å². The maximum Gasteiger partial charge on any atom is 0.0434 e. The van der Waals surface area contributed by atoms with Crippen LogP contribution in [0.3, 0.4) is 0 Å². The van der Waals surface area contributed by atoms with Gasteiger partial charge in [-0.05, 0) is 34.0 Å². The molecule has 19 heavy (non-hydrogen) atoms. The van der Waals surface area contributed by atoms with Crippen LogP contribution in [0, 0.1) is 45.8 Å². The Hall–Kier alpha value is -0.480. The van der Waals surface area contributed by atoms with Crippen molar-refractivity contribution in [3.05, 3.63) is 0 Å². The van der Waals surface area contributed by atoms with E-state index in [-0.39, 0.29) is 0 Å². The van der Waals surface area contributed by atoms with E-state index in [1.165, 1.54) is 0 Å². The van der Waals surface area contributed by atoms with E-state index in [0.717, 1.165) is 12.3 Å². The Bertz CT molecular complexity index is 351. The third kappa shape index (κ3) is 2.33. The summed E-state index contributed by atoms with van der Waals surface area (Å²) in [6.07, 6.45) is 6.31. The summed E-state index contributed by atoms with van der Waals surface area (Å²) >= 11 is 0. The smallest absolute Gasteiger partial charge is 0.0434 e. The second kappa shape index (κ2) is 4.52. The van der Waals surface area contributed by atoms with Crippen LogP contribution >= 0.6 is 0 Å². The molecule has 2 fully saturated rings. The molecule has 0 amide bonds. The normalized spacial score (nSPS) is 28.8. The van der Waals surface area contributed by atoms with Crippen LogP contribution < -0.4 is 0 Å². The van der Waals surface area contributed by atoms with Crippen LogP contribution in [0.5, 0.6) is 0 Å². The van der Waals surface area contributed by atoms with Crippen molar-refractivity contribution in [3.8, 4) is 12.3 Å². The number of rotatable bonds is 2. The Morgan fingerprint density at radius 1 is 0.842 bits per heavy atom. The molecule has 1 nitrogen and oxygen atoms in total. The Morgan fingerprint density at radius 3 is 1.26 bits per heavy atom. The van der Waals surface area contributed by atoms with Crippen LogP contribution in [0.25, 0.3) is 0 Å². The molecule has 2 saturated carbocycles. The molecule has 0 aliphatic heterocycles. The molecule has 0 atom stereocenters. The Balaban J connectivity index is 0.000000191. The van der Waals surface area contributed by atoms with Gasteiger partial charge in [0.1, 0.15) is 0 Å². The Kier molecular flexibility index (Phi) is 3.94. The van der Waals surface area contributed by atoms with Crippen LogP contribution in [-0.4, -0.2) is 11.7 Å². The highest BCUT2D eigenvalue weighted by Gasteiger charge is 2.64. The first kappa shape index (κ1) is 16.6. The minimum absolute atomic E-state index is 0.345. The van der Waals surface area contributed by atoms with Crippen molar-refractivity contribution < 1.29 is 5.11 Å². The maximum absolute atomic E-state index is 8.74. The van der Waals surface area contributed by atoms with Crippen molar-refractivity contribution in [2.24, 2.45) is 33.5 Å². The molecule has 0 aromatic carbocycles. The third-order valence-electron chi connectivity index (χ3n) is 6.92. The van der Waals surface area contributed by atoms with Gasteiger partial charge in [0.2, 0.25) is 0 Å². The van der Waals surface area contributed by atoms with Crippen molar-refractivity contribution in [2.45, 2.75) is 61.8 Å². The molecule has 0 bridgehead atoms. The van der Waals surface area contributed by atoms with E-state index in [1.807, 2.05) is 0 Å². The van der Waals surface area contributed by atoms with Crippen molar-refractivity contribution in [2.75, 3.05) is 6.61 Å². The monoisotopic (exact) mass is 264 g/mol. The molecule has 0 radical (unpaired) electrons. The first-order valence-corrected chi connectivity index (χ1v) is 7.46. The standard InChI is InChI=1S/C9H18O.C9H14/c1-8(2)7(5-6-10)9(8,3)4;1-6-7-8(2,3)9(7,4)5/h7,10H,5-6H2,1-4H3;1,7H,2-5H3. The molecule has 2 aliphatic rings. The van der Waals surface area contributed by atoms with Crippen LogP contribution in [-0.2, 0) is 0 Å². The van der Waals surface area contributed by atoms with E-state index in [0.29, 0.717) is 34.2 Å². The van der Waals surface area contributed by atoms with Gasteiger partial charge in [0, 0.05) is 12.5 Å². The van der Waals surface area contributed by atoms with E-state index >= 15 is 0 Å². The quantitative estimate of drug-likeness (QED) is 0.735. The van der Waals surface area contributed by atoms with E-state index in [1.54, 1.807) is 0 Å². The van der Waals surface area contributed by atoms with Gasteiger partial charge in [-0.1, -0.05) is 55.4 Å². The average Bonchev–Trinajstić information content (AvgIpc) is 2.82. The van der Waals surface area contributed by atoms with Crippen LogP contribution in [0.2, 0.25) is 0 Å². The lowest BCUT2D eigenvalue weighted by atomic mass is 10.0. The van der Waals surface area contributed by atoms with Crippen LogP contribution in [0.15, 0.2) is 0 Å². The molecule has 0 aromatic rings. The third-order valence-corrected chi connectivity index (χ3v) is 6.92. The lowest BCUT2D eigenvalue weighted by Gasteiger charge is -2.04. The van der Waals surface area contributed by atoms with Gasteiger partial charge >= 0.3 is 0 Å². The van der Waals surface area contributed by atoms with Gasteiger partial charge in [-0.2, -0.15) is 0 Å². The van der Waals surface area contributed by atoms with Gasteiger partial charge in [0.15, 0.2) is 0 Å². The fourth-order valence-corrected chi connectivity index (χ4v) is 3.80. The fraction of sp³-hybridized carbons (Fsp3) is 0.889. The molecule has 0 aromatic heterocycles. The zero-order valence-corrected chi connectivity index (χ0v) is 14.1. The molecular formula is C18H32O. The summed E-state index contributed by atoms with van der Waals surface area (Å²) in [6, 6.07) is 0. The van der Waals surface area contributed by atoms with Crippen LogP contribution in [0.4, 0.5) is 0 Å². The molecule has 0 spiro atoms. The summed E-state index contributed by atoms with van der Waals surface area (Å²) in [6.45, 7) is 18.4. The summed E-state index contributed by atoms with van der Waals surface area (Å²) in [4.78, 5) is 0. The lowest BCUT2D eigenvalue weighted by molar-refractivity contribution is 0.268. The summed E-state index contributed by atoms with van der Waals surface area (Å²) in [5, 5.41) is 8.74. The number of hydrogen-bond donors (Lipinski definition) is 1. The Morgan fingerprint density at radius 2 is 1.21 bits per heavy atom. The second-order valence-corrected chi connectivity index (χ2v) is 8.55. The molecule has 1 N–H and O–H groups in total. The van der Waals surface area contributed by atoms with Crippen molar-refractivity contribution in [3.63, 3.8) is 0 Å².